The third-order valence-electron chi connectivity index (χ3n) is 6.77. The van der Waals surface area contributed by atoms with Gasteiger partial charge < -0.3 is 9.97 Å². The first-order valence-corrected chi connectivity index (χ1v) is 11.3. The van der Waals surface area contributed by atoms with Crippen molar-refractivity contribution in [1.29, 1.82) is 0 Å². The van der Waals surface area contributed by atoms with E-state index in [1.165, 1.54) is 6.07 Å². The molecule has 0 aliphatic carbocycles. The minimum absolute atomic E-state index is 0.213. The number of H-pyrrole nitrogens is 2. The Hall–Kier alpha value is -4.55. The minimum Gasteiger partial charge on any atom is -0.351 e. The van der Waals surface area contributed by atoms with Crippen molar-refractivity contribution in [3.63, 3.8) is 0 Å². The van der Waals surface area contributed by atoms with E-state index < -0.39 is 0 Å². The molecule has 6 nitrogen and oxygen atoms in total. The Bertz CT molecular complexity index is 2320. The maximum Gasteiger partial charge on any atom is 0.196 e. The van der Waals surface area contributed by atoms with Crippen molar-refractivity contribution >= 4 is 76.8 Å². The lowest BCUT2D eigenvalue weighted by molar-refractivity contribution is 1.41. The van der Waals surface area contributed by atoms with E-state index in [1.807, 2.05) is 0 Å². The van der Waals surface area contributed by atoms with Crippen molar-refractivity contribution in [2.24, 2.45) is 0 Å². The lowest BCUT2D eigenvalue weighted by Crippen LogP contribution is -2.15. The number of halogens is 1. The molecule has 7 rings (SSSR count). The SMILES string of the molecule is O=c1c2ccccc2c(=O)c2c1ccc1[nH]c3c([nH]c12)c(Cl)cc1c(=O)c2ccccc2c(=O)c13. The summed E-state index contributed by atoms with van der Waals surface area (Å²) in [7, 11) is 0. The number of fused-ring (bicyclic) bond motifs is 8. The maximum absolute atomic E-state index is 13.5. The molecule has 7 heteroatoms. The van der Waals surface area contributed by atoms with Crippen LogP contribution in [0.15, 0.2) is 85.9 Å². The first kappa shape index (κ1) is 19.9. The van der Waals surface area contributed by atoms with Gasteiger partial charge in [0.2, 0.25) is 0 Å². The number of aromatic amines is 2. The standard InChI is InChI=1S/C28H13ClN2O4/c29-18-11-17-21(28(35)15-8-4-2-6-13(15)26(17)33)24-22(18)31-23-19(30-24)10-9-16-20(23)27(34)14-7-3-1-5-12(14)25(16)32/h1-11,30-31H. The predicted molar refractivity (Wildman–Crippen MR) is 141 cm³/mol. The Morgan fingerprint density at radius 1 is 0.486 bits per heavy atom. The topological polar surface area (TPSA) is 99.9 Å². The van der Waals surface area contributed by atoms with E-state index >= 15 is 0 Å². The van der Waals surface area contributed by atoms with Crippen molar-refractivity contribution in [2.45, 2.75) is 0 Å². The predicted octanol–water partition coefficient (Wildman–Crippen LogP) is 4.79. The van der Waals surface area contributed by atoms with Crippen molar-refractivity contribution in [2.75, 3.05) is 0 Å². The Kier molecular flexibility index (Phi) is 3.83. The van der Waals surface area contributed by atoms with Gasteiger partial charge >= 0.3 is 0 Å². The van der Waals surface area contributed by atoms with Crippen LogP contribution in [0.2, 0.25) is 5.02 Å². The molecular formula is C28H13ClN2O4. The zero-order chi connectivity index (χ0) is 24.0. The summed E-state index contributed by atoms with van der Waals surface area (Å²) in [4.78, 5) is 59.6. The van der Waals surface area contributed by atoms with Gasteiger partial charge in [-0.3, -0.25) is 19.2 Å². The Balaban J connectivity index is 1.75. The molecule has 6 aromatic carbocycles. The largest absolute Gasteiger partial charge is 0.351 e. The van der Waals surface area contributed by atoms with E-state index in [-0.39, 0.29) is 42.9 Å². The van der Waals surface area contributed by atoms with E-state index in [2.05, 4.69) is 9.97 Å². The summed E-state index contributed by atoms with van der Waals surface area (Å²) < 4.78 is 0. The second-order valence-electron chi connectivity index (χ2n) is 8.60. The van der Waals surface area contributed by atoms with Gasteiger partial charge in [-0.05, 0) is 18.2 Å². The van der Waals surface area contributed by atoms with Crippen LogP contribution in [0.1, 0.15) is 0 Å². The lowest BCUT2D eigenvalue weighted by atomic mass is 9.99. The van der Waals surface area contributed by atoms with Crippen LogP contribution in [0.3, 0.4) is 0 Å². The number of hydrogen-bond acceptors (Lipinski definition) is 4. The van der Waals surface area contributed by atoms with Crippen LogP contribution in [0.5, 0.6) is 0 Å². The number of hydrogen-bond donors (Lipinski definition) is 2. The van der Waals surface area contributed by atoms with Crippen LogP contribution in [0.4, 0.5) is 0 Å². The number of benzene rings is 6. The molecule has 0 saturated carbocycles. The molecule has 0 aliphatic heterocycles. The highest BCUT2D eigenvalue weighted by atomic mass is 35.5. The van der Waals surface area contributed by atoms with Gasteiger partial charge in [-0.15, -0.1) is 0 Å². The van der Waals surface area contributed by atoms with Gasteiger partial charge in [-0.25, -0.2) is 0 Å². The molecule has 2 N–H and O–H groups in total. The van der Waals surface area contributed by atoms with Crippen molar-refractivity contribution in [1.82, 2.24) is 9.97 Å². The summed E-state index contributed by atoms with van der Waals surface area (Å²) in [6.07, 6.45) is 0. The first-order valence-electron chi connectivity index (χ1n) is 10.9. The van der Waals surface area contributed by atoms with Crippen LogP contribution < -0.4 is 21.7 Å². The summed E-state index contributed by atoms with van der Waals surface area (Å²) in [5.41, 5.74) is 0.543. The molecule has 0 bridgehead atoms. The lowest BCUT2D eigenvalue weighted by Gasteiger charge is -2.11. The minimum atomic E-state index is -0.293. The summed E-state index contributed by atoms with van der Waals surface area (Å²) in [5, 5.41) is 2.54. The molecule has 35 heavy (non-hydrogen) atoms. The zero-order valence-electron chi connectivity index (χ0n) is 17.9. The fourth-order valence-electron chi connectivity index (χ4n) is 5.15. The van der Waals surface area contributed by atoms with Gasteiger partial charge in [-0.2, -0.15) is 0 Å². The molecule has 0 unspecified atom stereocenters. The second-order valence-corrected chi connectivity index (χ2v) is 9.01. The molecule has 0 fully saturated rings. The van der Waals surface area contributed by atoms with Gasteiger partial charge in [0.05, 0.1) is 37.9 Å². The monoisotopic (exact) mass is 476 g/mol. The molecule has 0 spiro atoms. The van der Waals surface area contributed by atoms with E-state index in [0.717, 1.165) is 0 Å². The normalized spacial score (nSPS) is 12.0. The Morgan fingerprint density at radius 2 is 1.00 bits per heavy atom. The van der Waals surface area contributed by atoms with Gasteiger partial charge in [-0.1, -0.05) is 60.1 Å². The number of nitrogens with one attached hydrogen (secondary N) is 2. The van der Waals surface area contributed by atoms with E-state index in [1.54, 1.807) is 60.7 Å². The van der Waals surface area contributed by atoms with Crippen molar-refractivity contribution < 1.29 is 0 Å². The molecule has 0 amide bonds. The molecule has 1 aromatic heterocycles. The van der Waals surface area contributed by atoms with Crippen LogP contribution in [-0.2, 0) is 0 Å². The average molecular weight is 477 g/mol. The smallest absolute Gasteiger partial charge is 0.196 e. The van der Waals surface area contributed by atoms with E-state index in [9.17, 15) is 19.2 Å². The maximum atomic E-state index is 13.5. The van der Waals surface area contributed by atoms with Crippen LogP contribution in [0, 0.1) is 0 Å². The Morgan fingerprint density at radius 3 is 1.60 bits per heavy atom. The highest BCUT2D eigenvalue weighted by Crippen LogP contribution is 2.31. The summed E-state index contributed by atoms with van der Waals surface area (Å²) in [6, 6.07) is 18.1. The van der Waals surface area contributed by atoms with Crippen LogP contribution in [-0.4, -0.2) is 9.97 Å². The summed E-state index contributed by atoms with van der Waals surface area (Å²) >= 11 is 6.60. The molecule has 1 heterocycles. The van der Waals surface area contributed by atoms with E-state index in [0.29, 0.717) is 49.0 Å². The fourth-order valence-corrected chi connectivity index (χ4v) is 5.40. The highest BCUT2D eigenvalue weighted by Gasteiger charge is 2.19. The molecule has 0 atom stereocenters. The third-order valence-corrected chi connectivity index (χ3v) is 7.07. The van der Waals surface area contributed by atoms with Crippen molar-refractivity contribution in [3.05, 3.63) is 113 Å². The van der Waals surface area contributed by atoms with E-state index in [4.69, 9.17) is 11.6 Å². The molecule has 0 saturated heterocycles. The fraction of sp³-hybridized carbons (Fsp3) is 0. The number of rotatable bonds is 0. The van der Waals surface area contributed by atoms with Gasteiger partial charge in [0.1, 0.15) is 0 Å². The second kappa shape index (κ2) is 6.74. The molecule has 166 valence electrons. The molecule has 7 aromatic rings. The van der Waals surface area contributed by atoms with Gasteiger partial charge in [0.25, 0.3) is 0 Å². The molecule has 0 aliphatic rings. The zero-order valence-corrected chi connectivity index (χ0v) is 18.6. The summed E-state index contributed by atoms with van der Waals surface area (Å²) in [6.45, 7) is 0. The first-order chi connectivity index (χ1) is 17.0. The quantitative estimate of drug-likeness (QED) is 0.243. The number of aromatic nitrogens is 2. The Labute approximate surface area is 199 Å². The molecular weight excluding hydrogens is 464 g/mol. The van der Waals surface area contributed by atoms with Crippen LogP contribution in [0.25, 0.3) is 65.2 Å². The summed E-state index contributed by atoms with van der Waals surface area (Å²) in [5.74, 6) is 0. The third kappa shape index (κ3) is 2.49. The van der Waals surface area contributed by atoms with Crippen LogP contribution >= 0.6 is 11.6 Å². The molecule has 0 radical (unpaired) electrons. The van der Waals surface area contributed by atoms with Gasteiger partial charge in [0.15, 0.2) is 21.7 Å². The van der Waals surface area contributed by atoms with Crippen molar-refractivity contribution in [3.8, 4) is 0 Å². The highest BCUT2D eigenvalue weighted by molar-refractivity contribution is 6.37. The average Bonchev–Trinajstić information content (AvgIpc) is 2.89. The van der Waals surface area contributed by atoms with Gasteiger partial charge in [0, 0.05) is 32.3 Å².